The number of carbonyl (C=O) groups is 3. The smallest absolute Gasteiger partial charge is 0.160 e. The lowest BCUT2D eigenvalue weighted by atomic mass is 9.27. The fourth-order valence-electron chi connectivity index (χ4n) is 24.7. The number of aromatic nitrogens is 3. The molecule has 13 heteroatoms. The number of Topliss-reactive ketones (excluding diaryl/α,β-unsaturated/α-hetero) is 3. The average Bonchev–Trinajstić information content (AvgIpc) is 1.65. The minimum Gasteiger partial charge on any atom is -0.392 e. The Bertz CT molecular complexity index is 3540. The molecule has 1 aromatic carbocycles. The van der Waals surface area contributed by atoms with Crippen LogP contribution in [0.2, 0.25) is 0 Å². The van der Waals surface area contributed by atoms with Gasteiger partial charge in [-0.15, -0.1) is 0 Å². The molecule has 7 N–H and O–H groups in total. The summed E-state index contributed by atoms with van der Waals surface area (Å²) in [6, 6.07) is 7.21. The first-order valence-electron chi connectivity index (χ1n) is 34.6. The van der Waals surface area contributed by atoms with Crippen molar-refractivity contribution in [3.8, 4) is 0 Å². The molecule has 2 bridgehead atoms. The highest BCUT2D eigenvalue weighted by Crippen LogP contribution is 2.84. The van der Waals surface area contributed by atoms with Crippen molar-refractivity contribution in [3.63, 3.8) is 0 Å². The summed E-state index contributed by atoms with van der Waals surface area (Å²) in [4.78, 5) is 55.6. The minimum absolute atomic E-state index is 0.0547. The molecule has 87 heavy (non-hydrogen) atoms. The number of benzene rings is 1. The van der Waals surface area contributed by atoms with E-state index < -0.39 is 62.3 Å². The zero-order valence-electron chi connectivity index (χ0n) is 53.4. The Morgan fingerprint density at radius 3 is 2.40 bits per heavy atom. The largest absolute Gasteiger partial charge is 0.392 e. The van der Waals surface area contributed by atoms with Gasteiger partial charge in [-0.3, -0.25) is 14.4 Å². The highest BCUT2D eigenvalue weighted by atomic mass is 16.6. The molecule has 0 unspecified atom stereocenters. The van der Waals surface area contributed by atoms with Crippen LogP contribution in [-0.2, 0) is 48.8 Å². The standard InChI is InChI=1S/C74H99N5O8/c1-67(2)66(87-67)54(82)34-68(3)22-17-42-37-78-61-49(56-48-30-43(45-14-10-9-12-41(45)36-75-7)31-51(46(48)15-16-52(56)80)74(85)25-28-86-29-26-74)38-79(62(42)61)39-50-57-59(68)53(81)35-70(57,5)69(4)23-19-55-71(6,64(69)63(50)83)73-24-18-40(32-73)60-47(20-27-77-60)58(73)65(84)72(55)21-11-13-44(33-72)76-8/h20,27,30-31,37-38,40-41,44-45,50,54-56,58,63-64,66,75-78,82-83,85H,9-19,21-26,28-29,32-36,39H2,1-8H3/t40-,41+,44+,45+,50-,54-,55-,56+,58+,63-,64+,66-,68+,69+,70+,71-,72+,73-/m1/s1. The van der Waals surface area contributed by atoms with Crippen molar-refractivity contribution in [2.75, 3.05) is 33.9 Å². The molecule has 3 aromatic heterocycles. The topological polar surface area (TPSA) is 194 Å². The van der Waals surface area contributed by atoms with Crippen molar-refractivity contribution in [1.29, 1.82) is 0 Å². The van der Waals surface area contributed by atoms with Gasteiger partial charge in [-0.25, -0.2) is 0 Å². The third-order valence-corrected chi connectivity index (χ3v) is 28.7. The van der Waals surface area contributed by atoms with E-state index in [1.807, 2.05) is 13.8 Å². The van der Waals surface area contributed by atoms with Crippen LogP contribution >= 0.6 is 0 Å². The van der Waals surface area contributed by atoms with E-state index in [9.17, 15) is 15.3 Å². The molecule has 13 nitrogen and oxygen atoms in total. The summed E-state index contributed by atoms with van der Waals surface area (Å²) >= 11 is 0. The van der Waals surface area contributed by atoms with Gasteiger partial charge >= 0.3 is 0 Å². The van der Waals surface area contributed by atoms with Crippen molar-refractivity contribution < 1.29 is 39.2 Å². The van der Waals surface area contributed by atoms with Crippen LogP contribution in [0.3, 0.4) is 0 Å². The van der Waals surface area contributed by atoms with E-state index in [1.54, 1.807) is 0 Å². The number of ketones is 3. The summed E-state index contributed by atoms with van der Waals surface area (Å²) in [5.74, 6) is 0.299. The number of fused-ring (bicyclic) bond motifs is 10. The van der Waals surface area contributed by atoms with E-state index in [0.717, 1.165) is 134 Å². The van der Waals surface area contributed by atoms with Gasteiger partial charge < -0.3 is 50.0 Å². The summed E-state index contributed by atoms with van der Waals surface area (Å²) < 4.78 is 14.5. The first kappa shape index (κ1) is 57.9. The molecular weight excluding hydrogens is 1090 g/mol. The number of epoxide rings is 1. The van der Waals surface area contributed by atoms with Crippen LogP contribution < -0.4 is 10.6 Å². The predicted octanol–water partition coefficient (Wildman–Crippen LogP) is 11.4. The average molecular weight is 1190 g/mol. The van der Waals surface area contributed by atoms with Crippen LogP contribution in [0.5, 0.6) is 0 Å². The van der Waals surface area contributed by atoms with Gasteiger partial charge in [0, 0.05) is 104 Å². The van der Waals surface area contributed by atoms with Crippen LogP contribution in [0, 0.1) is 56.2 Å². The second kappa shape index (κ2) is 19.7. The Morgan fingerprint density at radius 1 is 0.839 bits per heavy atom. The second-order valence-electron chi connectivity index (χ2n) is 32.7. The van der Waals surface area contributed by atoms with Crippen molar-refractivity contribution in [2.24, 2.45) is 56.2 Å². The molecular formula is C74H99N5O8. The lowest BCUT2D eigenvalue weighted by molar-refractivity contribution is -0.271. The fourth-order valence-corrected chi connectivity index (χ4v) is 24.7. The number of rotatable bonds is 9. The quantitative estimate of drug-likeness (QED) is 0.0793. The molecule has 0 radical (unpaired) electrons. The van der Waals surface area contributed by atoms with Crippen LogP contribution in [0.4, 0.5) is 0 Å². The summed E-state index contributed by atoms with van der Waals surface area (Å²) in [6.07, 6.45) is 21.3. The van der Waals surface area contributed by atoms with E-state index >= 15 is 14.4 Å². The van der Waals surface area contributed by atoms with E-state index in [2.05, 4.69) is 104 Å². The van der Waals surface area contributed by atoms with Crippen molar-refractivity contribution in [2.45, 2.75) is 242 Å². The molecule has 2 saturated heterocycles. The van der Waals surface area contributed by atoms with Crippen LogP contribution in [0.15, 0.2) is 47.9 Å². The van der Waals surface area contributed by atoms with Crippen molar-refractivity contribution in [1.82, 2.24) is 25.2 Å². The molecule has 4 aromatic rings. The lowest BCUT2D eigenvalue weighted by Gasteiger charge is -2.76. The maximum absolute atomic E-state index is 16.5. The van der Waals surface area contributed by atoms with Crippen LogP contribution in [0.1, 0.15) is 232 Å². The highest BCUT2D eigenvalue weighted by molar-refractivity contribution is 6.02. The summed E-state index contributed by atoms with van der Waals surface area (Å²) in [5.41, 5.74) is 7.89. The van der Waals surface area contributed by atoms with Gasteiger partial charge in [-0.1, -0.05) is 59.1 Å². The number of nitrogens with one attached hydrogen (secondary N) is 4. The number of aliphatic hydroxyl groups excluding tert-OH is 2. The van der Waals surface area contributed by atoms with Gasteiger partial charge in [0.05, 0.1) is 46.3 Å². The number of H-pyrrole nitrogens is 2. The monoisotopic (exact) mass is 1190 g/mol. The molecule has 16 rings (SSSR count). The zero-order valence-corrected chi connectivity index (χ0v) is 53.4. The Kier molecular flexibility index (Phi) is 13.1. The Morgan fingerprint density at radius 2 is 1.63 bits per heavy atom. The number of aromatic amines is 2. The van der Waals surface area contributed by atoms with E-state index in [-0.39, 0.29) is 46.9 Å². The zero-order chi connectivity index (χ0) is 60.3. The van der Waals surface area contributed by atoms with E-state index in [0.29, 0.717) is 94.7 Å². The maximum atomic E-state index is 16.5. The molecule has 9 aliphatic carbocycles. The third-order valence-electron chi connectivity index (χ3n) is 28.7. The molecule has 6 heterocycles. The van der Waals surface area contributed by atoms with Crippen molar-refractivity contribution >= 4 is 28.4 Å². The molecule has 8 fully saturated rings. The number of ether oxygens (including phenoxy) is 2. The summed E-state index contributed by atoms with van der Waals surface area (Å²) in [7, 11) is 4.13. The van der Waals surface area contributed by atoms with E-state index in [1.165, 1.54) is 23.2 Å². The minimum atomic E-state index is -1.07. The Labute approximate surface area is 515 Å². The first-order valence-corrected chi connectivity index (χ1v) is 34.6. The van der Waals surface area contributed by atoms with Gasteiger partial charge in [0.25, 0.3) is 0 Å². The molecule has 0 amide bonds. The molecule has 12 aliphatic rings. The number of nitrogens with zero attached hydrogens (tertiary/aromatic N) is 1. The SMILES string of the molecule is CNC[C@@H]1CCCC[C@@H]1c1cc2c(c(C3(O)CCOCC3)c1)CCC(=O)[C@@H]2c1cn2c3c(c[nH]c13)CC[C@@](C)(C[C@@H](O)[C@H]1OC1(C)C)C1=C3[C@@H](C2)[C@@H](O)[C@@H]2[C@@]4(C)[C@@H](CC[C@]2(C)[C@@]3(C)CC1=O)[C@@]1(CCC[C@H](NC)C1)C(=O)[C@@H]1c2cc[nH]c2[C@@H]2CC[C@@]14C2. The number of aliphatic hydroxyl groups is 3. The first-order chi connectivity index (χ1) is 41.6. The molecule has 3 aliphatic heterocycles. The Balaban J connectivity index is 0.901. The summed E-state index contributed by atoms with van der Waals surface area (Å²) in [5, 5.41) is 47.4. The predicted molar refractivity (Wildman–Crippen MR) is 334 cm³/mol. The van der Waals surface area contributed by atoms with Gasteiger partial charge in [-0.05, 0) is 221 Å². The number of allylic oxidation sites excluding steroid dienone is 1. The molecule has 468 valence electrons. The number of aryl methyl sites for hydroxylation is 1. The summed E-state index contributed by atoms with van der Waals surface area (Å²) in [6.45, 7) is 16.1. The molecule has 2 spiro atoms. The van der Waals surface area contributed by atoms with Gasteiger partial charge in [0.1, 0.15) is 17.7 Å². The van der Waals surface area contributed by atoms with Crippen LogP contribution in [0.25, 0.3) is 11.0 Å². The van der Waals surface area contributed by atoms with Gasteiger partial charge in [0.15, 0.2) is 5.78 Å². The highest BCUT2D eigenvalue weighted by Gasteiger charge is 2.81. The molecule has 18 atom stereocenters. The normalized spacial score (nSPS) is 42.7. The number of carbonyl (C=O) groups excluding carboxylic acids is 3. The Hall–Kier alpha value is -4.21. The number of hydrogen-bond donors (Lipinski definition) is 7. The van der Waals surface area contributed by atoms with Gasteiger partial charge in [0.2, 0.25) is 0 Å². The molecule has 6 saturated carbocycles. The number of hydrogen-bond acceptors (Lipinski definition) is 10. The fraction of sp³-hybridized carbons (Fsp3) is 0.716. The maximum Gasteiger partial charge on any atom is 0.160 e. The lowest BCUT2D eigenvalue weighted by Crippen LogP contribution is -2.75. The van der Waals surface area contributed by atoms with E-state index in [4.69, 9.17) is 9.47 Å². The van der Waals surface area contributed by atoms with Crippen molar-refractivity contribution in [3.05, 3.63) is 92.6 Å². The van der Waals surface area contributed by atoms with Gasteiger partial charge in [-0.2, -0.15) is 0 Å². The second-order valence-corrected chi connectivity index (χ2v) is 32.7. The van der Waals surface area contributed by atoms with Crippen LogP contribution in [-0.4, -0.2) is 111 Å². The third kappa shape index (κ3) is 7.72.